The number of rotatable bonds is 2. The van der Waals surface area contributed by atoms with Gasteiger partial charge in [-0.3, -0.25) is 0 Å². The minimum Gasteiger partial charge on any atom is -0.467 e. The number of carbonyl (C=O) groups is 1. The molecule has 1 saturated heterocycles. The molecule has 4 heteroatoms. The second-order valence-corrected chi connectivity index (χ2v) is 8.17. The molecule has 1 rings (SSSR count). The van der Waals surface area contributed by atoms with Gasteiger partial charge in [0.1, 0.15) is 6.10 Å². The first-order valence-electron chi connectivity index (χ1n) is 4.87. The van der Waals surface area contributed by atoms with Crippen LogP contribution in [0.15, 0.2) is 0 Å². The summed E-state index contributed by atoms with van der Waals surface area (Å²) < 4.78 is 10.5. The van der Waals surface area contributed by atoms with Gasteiger partial charge in [0.25, 0.3) is 0 Å². The van der Waals surface area contributed by atoms with E-state index in [1.807, 2.05) is 0 Å². The number of hydrogen-bond acceptors (Lipinski definition) is 3. The van der Waals surface area contributed by atoms with Crippen LogP contribution in [-0.2, 0) is 14.0 Å². The van der Waals surface area contributed by atoms with E-state index >= 15 is 0 Å². The summed E-state index contributed by atoms with van der Waals surface area (Å²) in [7, 11) is -0.132. The van der Waals surface area contributed by atoms with Crippen molar-refractivity contribution in [3.63, 3.8) is 0 Å². The largest absolute Gasteiger partial charge is 0.467 e. The molecule has 0 saturated carbocycles. The molecule has 0 aliphatic carbocycles. The molecule has 1 aliphatic rings. The van der Waals surface area contributed by atoms with E-state index in [4.69, 9.17) is 4.43 Å². The molecule has 0 amide bonds. The second kappa shape index (κ2) is 4.24. The lowest BCUT2D eigenvalue weighted by Crippen LogP contribution is -2.45. The molecular weight excluding hydrogens is 184 g/mol. The summed E-state index contributed by atoms with van der Waals surface area (Å²) in [5.41, 5.74) is 0. The lowest BCUT2D eigenvalue weighted by atomic mass is 10.2. The van der Waals surface area contributed by atoms with Crippen molar-refractivity contribution >= 4 is 14.3 Å². The van der Waals surface area contributed by atoms with Crippen LogP contribution >= 0.6 is 0 Å². The molecule has 0 aromatic heterocycles. The molecule has 0 bridgehead atoms. The van der Waals surface area contributed by atoms with E-state index in [0.717, 1.165) is 18.9 Å². The Morgan fingerprint density at radius 3 is 2.92 bits per heavy atom. The maximum Gasteiger partial charge on any atom is 0.333 e. The van der Waals surface area contributed by atoms with Crippen LogP contribution in [0.2, 0.25) is 18.6 Å². The van der Waals surface area contributed by atoms with E-state index in [0.29, 0.717) is 0 Å². The van der Waals surface area contributed by atoms with Gasteiger partial charge in [0.15, 0.2) is 8.32 Å². The van der Waals surface area contributed by atoms with Crippen LogP contribution in [0.5, 0.6) is 0 Å². The molecule has 1 aliphatic heterocycles. The lowest BCUT2D eigenvalue weighted by molar-refractivity contribution is -0.150. The van der Waals surface area contributed by atoms with Gasteiger partial charge in [-0.25, -0.2) is 4.79 Å². The Balaban J connectivity index is 2.56. The predicted octanol–water partition coefficient (Wildman–Crippen LogP) is 1.93. The summed E-state index contributed by atoms with van der Waals surface area (Å²) >= 11 is 0. The Hall–Kier alpha value is -0.353. The van der Waals surface area contributed by atoms with Crippen molar-refractivity contribution in [1.29, 1.82) is 0 Å². The summed E-state index contributed by atoms with van der Waals surface area (Å²) in [5, 5.41) is 0. The topological polar surface area (TPSA) is 35.5 Å². The van der Waals surface area contributed by atoms with E-state index in [-0.39, 0.29) is 12.1 Å². The van der Waals surface area contributed by atoms with Crippen molar-refractivity contribution in [2.24, 2.45) is 0 Å². The third-order valence-electron chi connectivity index (χ3n) is 2.81. The van der Waals surface area contributed by atoms with Gasteiger partial charge < -0.3 is 9.16 Å². The highest BCUT2D eigenvalue weighted by atomic mass is 28.4. The molecule has 0 spiro atoms. The standard InChI is InChI=1S/C9H18O3Si/c1-4-13(3)7-5-6-8(12-13)9(10)11-2/h8H,4-7H2,1-3H3. The molecule has 3 nitrogen and oxygen atoms in total. The summed E-state index contributed by atoms with van der Waals surface area (Å²) in [5.74, 6) is -0.202. The quantitative estimate of drug-likeness (QED) is 0.507. The maximum atomic E-state index is 11.2. The molecule has 0 N–H and O–H groups in total. The fraction of sp³-hybridized carbons (Fsp3) is 0.889. The van der Waals surface area contributed by atoms with Crippen LogP contribution in [0.25, 0.3) is 0 Å². The summed E-state index contributed by atoms with van der Waals surface area (Å²) in [4.78, 5) is 11.2. The summed E-state index contributed by atoms with van der Waals surface area (Å²) in [6.07, 6.45) is 1.65. The first kappa shape index (κ1) is 10.7. The van der Waals surface area contributed by atoms with Crippen LogP contribution in [0.4, 0.5) is 0 Å². The van der Waals surface area contributed by atoms with E-state index in [1.165, 1.54) is 13.2 Å². The lowest BCUT2D eigenvalue weighted by Gasteiger charge is -2.34. The van der Waals surface area contributed by atoms with E-state index in [1.54, 1.807) is 0 Å². The zero-order valence-corrected chi connectivity index (χ0v) is 9.63. The Morgan fingerprint density at radius 1 is 1.69 bits per heavy atom. The van der Waals surface area contributed by atoms with Gasteiger partial charge in [-0.05, 0) is 25.1 Å². The molecule has 13 heavy (non-hydrogen) atoms. The average molecular weight is 202 g/mol. The fourth-order valence-corrected chi connectivity index (χ4v) is 4.17. The first-order valence-corrected chi connectivity index (χ1v) is 7.69. The number of esters is 1. The molecule has 2 atom stereocenters. The van der Waals surface area contributed by atoms with Crippen molar-refractivity contribution < 1.29 is 14.0 Å². The van der Waals surface area contributed by atoms with Gasteiger partial charge in [0, 0.05) is 0 Å². The van der Waals surface area contributed by atoms with Gasteiger partial charge in [-0.15, -0.1) is 0 Å². The molecule has 0 radical (unpaired) electrons. The predicted molar refractivity (Wildman–Crippen MR) is 53.0 cm³/mol. The van der Waals surface area contributed by atoms with E-state index in [9.17, 15) is 4.79 Å². The third-order valence-corrected chi connectivity index (χ3v) is 6.57. The summed E-state index contributed by atoms with van der Waals surface area (Å²) in [6, 6.07) is 2.26. The van der Waals surface area contributed by atoms with Crippen molar-refractivity contribution in [3.8, 4) is 0 Å². The minimum atomic E-state index is -1.55. The van der Waals surface area contributed by atoms with Crippen LogP contribution in [0.1, 0.15) is 19.8 Å². The van der Waals surface area contributed by atoms with E-state index in [2.05, 4.69) is 18.2 Å². The van der Waals surface area contributed by atoms with Crippen LogP contribution in [0.3, 0.4) is 0 Å². The number of ether oxygens (including phenoxy) is 1. The van der Waals surface area contributed by atoms with Crippen molar-refractivity contribution in [2.75, 3.05) is 7.11 Å². The molecule has 76 valence electrons. The number of hydrogen-bond donors (Lipinski definition) is 0. The van der Waals surface area contributed by atoms with Crippen molar-refractivity contribution in [2.45, 2.75) is 44.5 Å². The summed E-state index contributed by atoms with van der Waals surface area (Å²) in [6.45, 7) is 4.34. The van der Waals surface area contributed by atoms with Gasteiger partial charge in [-0.2, -0.15) is 0 Å². The van der Waals surface area contributed by atoms with Gasteiger partial charge in [0.2, 0.25) is 0 Å². The number of methoxy groups -OCH3 is 1. The van der Waals surface area contributed by atoms with Crippen LogP contribution < -0.4 is 0 Å². The smallest absolute Gasteiger partial charge is 0.333 e. The highest BCUT2D eigenvalue weighted by Gasteiger charge is 2.37. The van der Waals surface area contributed by atoms with Gasteiger partial charge in [-0.1, -0.05) is 13.3 Å². The zero-order chi connectivity index (χ0) is 9.90. The fourth-order valence-electron chi connectivity index (χ4n) is 1.68. The molecular formula is C9H18O3Si. The zero-order valence-electron chi connectivity index (χ0n) is 8.63. The van der Waals surface area contributed by atoms with Gasteiger partial charge in [0.05, 0.1) is 7.11 Å². The Kier molecular flexibility index (Phi) is 3.50. The first-order chi connectivity index (χ1) is 6.11. The third kappa shape index (κ3) is 2.54. The molecule has 1 fully saturated rings. The highest BCUT2D eigenvalue weighted by molar-refractivity contribution is 6.72. The average Bonchev–Trinajstić information content (AvgIpc) is 2.17. The monoisotopic (exact) mass is 202 g/mol. The highest BCUT2D eigenvalue weighted by Crippen LogP contribution is 2.29. The van der Waals surface area contributed by atoms with Crippen molar-refractivity contribution in [3.05, 3.63) is 0 Å². The number of carbonyl (C=O) groups excluding carboxylic acids is 1. The normalized spacial score (nSPS) is 34.2. The Labute approximate surface area is 80.5 Å². The van der Waals surface area contributed by atoms with Crippen molar-refractivity contribution in [1.82, 2.24) is 0 Å². The molecule has 2 unspecified atom stereocenters. The van der Waals surface area contributed by atoms with Crippen LogP contribution in [-0.4, -0.2) is 27.5 Å². The van der Waals surface area contributed by atoms with Crippen LogP contribution in [0, 0.1) is 0 Å². The Morgan fingerprint density at radius 2 is 2.38 bits per heavy atom. The SMILES string of the molecule is CC[Si]1(C)CCCC(C(=O)OC)O1. The minimum absolute atomic E-state index is 0.202. The Bertz CT molecular complexity index is 195. The second-order valence-electron chi connectivity index (χ2n) is 3.83. The molecule has 1 heterocycles. The maximum absolute atomic E-state index is 11.2. The van der Waals surface area contributed by atoms with Gasteiger partial charge >= 0.3 is 5.97 Å². The van der Waals surface area contributed by atoms with E-state index < -0.39 is 8.32 Å². The molecule has 0 aromatic rings. The molecule has 0 aromatic carbocycles.